The van der Waals surface area contributed by atoms with Crippen molar-refractivity contribution in [3.8, 4) is 0 Å². The van der Waals surface area contributed by atoms with E-state index in [4.69, 9.17) is 10.2 Å². The quantitative estimate of drug-likeness (QED) is 0.625. The Labute approximate surface area is 145 Å². The van der Waals surface area contributed by atoms with E-state index in [1.165, 1.54) is 0 Å². The molecule has 2 aromatic rings. The molecule has 3 rings (SSSR count). The Morgan fingerprint density at radius 1 is 1.40 bits per heavy atom. The summed E-state index contributed by atoms with van der Waals surface area (Å²) in [6.45, 7) is 6.23. The summed E-state index contributed by atoms with van der Waals surface area (Å²) in [5.74, 6) is 2.04. The predicted octanol–water partition coefficient (Wildman–Crippen LogP) is 2.65. The average molecular weight is 346 g/mol. The third-order valence-corrected chi connectivity index (χ3v) is 4.24. The summed E-state index contributed by atoms with van der Waals surface area (Å²) in [6.07, 6.45) is 2.68. The lowest BCUT2D eigenvalue weighted by atomic mass is 9.92. The van der Waals surface area contributed by atoms with Crippen LogP contribution in [0.5, 0.6) is 0 Å². The van der Waals surface area contributed by atoms with E-state index in [1.807, 2.05) is 4.90 Å². The zero-order valence-corrected chi connectivity index (χ0v) is 14.3. The summed E-state index contributed by atoms with van der Waals surface area (Å²) >= 11 is 0. The van der Waals surface area contributed by atoms with Crippen molar-refractivity contribution < 1.29 is 9.34 Å². The van der Waals surface area contributed by atoms with Crippen molar-refractivity contribution in [1.82, 2.24) is 9.97 Å². The fourth-order valence-electron chi connectivity index (χ4n) is 3.31. The smallest absolute Gasteiger partial charge is 0.353 e. The number of hydrogen-bond donors (Lipinski definition) is 2. The molecule has 0 aromatic carbocycles. The maximum atomic E-state index is 11.4. The number of anilines is 3. The van der Waals surface area contributed by atoms with Crippen LogP contribution in [0.4, 0.5) is 23.3 Å². The largest absolute Gasteiger partial charge is 0.467 e. The highest BCUT2D eigenvalue weighted by molar-refractivity contribution is 5.70. The van der Waals surface area contributed by atoms with Crippen LogP contribution in [0.2, 0.25) is 0 Å². The molecule has 0 aliphatic carbocycles. The minimum absolute atomic E-state index is 0.106. The zero-order chi connectivity index (χ0) is 18.0. The zero-order valence-electron chi connectivity index (χ0n) is 14.3. The van der Waals surface area contributed by atoms with Crippen LogP contribution in [-0.2, 0) is 6.54 Å². The monoisotopic (exact) mass is 346 g/mol. The standard InChI is InChI=1S/C16H22N6O3/c1-10-6-11(2)9-21(8-10)16-19-14(17)13(22(23)24)15(20-16)18-7-12-4-3-5-25-12/h3-5,10-11H,6-9H2,1-2H3,(H3,17,18,19,20)/t10-,11-/m1/s1. The number of nitrogen functional groups attached to an aromatic ring is 1. The molecule has 1 fully saturated rings. The molecular formula is C16H22N6O3. The van der Waals surface area contributed by atoms with E-state index in [0.29, 0.717) is 23.5 Å². The number of nitrogens with zero attached hydrogens (tertiary/aromatic N) is 4. The first-order valence-corrected chi connectivity index (χ1v) is 8.27. The Bertz CT molecular complexity index is 739. The summed E-state index contributed by atoms with van der Waals surface area (Å²) in [5, 5.41) is 14.3. The maximum Gasteiger partial charge on any atom is 0.353 e. The fourth-order valence-corrected chi connectivity index (χ4v) is 3.31. The molecule has 134 valence electrons. The van der Waals surface area contributed by atoms with E-state index >= 15 is 0 Å². The molecule has 1 saturated heterocycles. The minimum Gasteiger partial charge on any atom is -0.467 e. The topological polar surface area (TPSA) is 123 Å². The number of hydrogen-bond acceptors (Lipinski definition) is 8. The minimum atomic E-state index is -0.564. The number of aromatic nitrogens is 2. The first kappa shape index (κ1) is 17.0. The average Bonchev–Trinajstić information content (AvgIpc) is 3.04. The highest BCUT2D eigenvalue weighted by atomic mass is 16.6. The molecule has 0 spiro atoms. The van der Waals surface area contributed by atoms with Gasteiger partial charge in [-0.05, 0) is 30.4 Å². The molecule has 3 N–H and O–H groups in total. The van der Waals surface area contributed by atoms with E-state index in [-0.39, 0.29) is 23.9 Å². The van der Waals surface area contributed by atoms with Crippen LogP contribution in [0.3, 0.4) is 0 Å². The van der Waals surface area contributed by atoms with Crippen LogP contribution in [0.15, 0.2) is 22.8 Å². The molecule has 0 radical (unpaired) electrons. The number of nitrogens with two attached hydrogens (primary N) is 1. The van der Waals surface area contributed by atoms with Gasteiger partial charge in [0.2, 0.25) is 17.6 Å². The van der Waals surface area contributed by atoms with E-state index in [1.54, 1.807) is 18.4 Å². The van der Waals surface area contributed by atoms with Crippen molar-refractivity contribution in [3.05, 3.63) is 34.3 Å². The SMILES string of the molecule is C[C@@H]1C[C@@H](C)CN(c2nc(N)c([N+](=O)[O-])c(NCc3ccco3)n2)C1. The van der Waals surface area contributed by atoms with Crippen LogP contribution >= 0.6 is 0 Å². The van der Waals surface area contributed by atoms with Gasteiger partial charge in [-0.15, -0.1) is 0 Å². The lowest BCUT2D eigenvalue weighted by Gasteiger charge is -2.35. The second-order valence-electron chi connectivity index (χ2n) is 6.65. The molecule has 1 aliphatic rings. The van der Waals surface area contributed by atoms with E-state index in [2.05, 4.69) is 29.1 Å². The summed E-state index contributed by atoms with van der Waals surface area (Å²) in [5.41, 5.74) is 5.55. The summed E-state index contributed by atoms with van der Waals surface area (Å²) in [4.78, 5) is 21.4. The maximum absolute atomic E-state index is 11.4. The molecule has 1 aliphatic heterocycles. The normalized spacial score (nSPS) is 20.5. The molecule has 9 heteroatoms. The summed E-state index contributed by atoms with van der Waals surface area (Å²) in [7, 11) is 0. The van der Waals surface area contributed by atoms with Crippen molar-refractivity contribution in [2.24, 2.45) is 11.8 Å². The first-order valence-electron chi connectivity index (χ1n) is 8.27. The third kappa shape index (κ3) is 3.81. The van der Waals surface area contributed by atoms with Gasteiger partial charge in [-0.1, -0.05) is 13.8 Å². The molecule has 0 unspecified atom stereocenters. The molecule has 2 atom stereocenters. The number of piperidine rings is 1. The fraction of sp³-hybridized carbons (Fsp3) is 0.500. The summed E-state index contributed by atoms with van der Waals surface area (Å²) in [6, 6.07) is 3.53. The van der Waals surface area contributed by atoms with Crippen molar-refractivity contribution in [3.63, 3.8) is 0 Å². The Kier molecular flexibility index (Phi) is 4.73. The van der Waals surface area contributed by atoms with Gasteiger partial charge >= 0.3 is 5.69 Å². The molecular weight excluding hydrogens is 324 g/mol. The predicted molar refractivity (Wildman–Crippen MR) is 94.3 cm³/mol. The van der Waals surface area contributed by atoms with E-state index in [9.17, 15) is 10.1 Å². The second-order valence-corrected chi connectivity index (χ2v) is 6.65. The van der Waals surface area contributed by atoms with Crippen LogP contribution in [0, 0.1) is 22.0 Å². The van der Waals surface area contributed by atoms with Crippen LogP contribution in [-0.4, -0.2) is 28.0 Å². The Morgan fingerprint density at radius 2 is 2.12 bits per heavy atom. The first-order chi connectivity index (χ1) is 11.9. The van der Waals surface area contributed by atoms with Crippen molar-refractivity contribution in [2.45, 2.75) is 26.8 Å². The van der Waals surface area contributed by atoms with Gasteiger partial charge in [0.15, 0.2) is 0 Å². The lowest BCUT2D eigenvalue weighted by molar-refractivity contribution is -0.383. The van der Waals surface area contributed by atoms with Crippen LogP contribution < -0.4 is 16.0 Å². The number of rotatable bonds is 5. The lowest BCUT2D eigenvalue weighted by Crippen LogP contribution is -2.39. The highest BCUT2D eigenvalue weighted by Gasteiger charge is 2.28. The van der Waals surface area contributed by atoms with Gasteiger partial charge in [0.05, 0.1) is 17.7 Å². The number of nitro groups is 1. The summed E-state index contributed by atoms with van der Waals surface area (Å²) < 4.78 is 5.24. The Hall–Kier alpha value is -2.84. The van der Waals surface area contributed by atoms with E-state index in [0.717, 1.165) is 19.5 Å². The molecule has 0 amide bonds. The van der Waals surface area contributed by atoms with E-state index < -0.39 is 4.92 Å². The molecule has 0 saturated carbocycles. The Balaban J connectivity index is 1.90. The molecule has 2 aromatic heterocycles. The molecule has 25 heavy (non-hydrogen) atoms. The Morgan fingerprint density at radius 3 is 2.72 bits per heavy atom. The van der Waals surface area contributed by atoms with Gasteiger partial charge in [-0.25, -0.2) is 0 Å². The van der Waals surface area contributed by atoms with Crippen molar-refractivity contribution in [1.29, 1.82) is 0 Å². The number of nitrogens with one attached hydrogen (secondary N) is 1. The molecule has 0 bridgehead atoms. The van der Waals surface area contributed by atoms with Gasteiger partial charge in [0.25, 0.3) is 0 Å². The second kappa shape index (κ2) is 6.96. The van der Waals surface area contributed by atoms with Gasteiger partial charge in [-0.3, -0.25) is 10.1 Å². The van der Waals surface area contributed by atoms with Gasteiger partial charge in [0.1, 0.15) is 5.76 Å². The third-order valence-electron chi connectivity index (χ3n) is 4.24. The highest BCUT2D eigenvalue weighted by Crippen LogP contribution is 2.32. The number of furan rings is 1. The molecule has 3 heterocycles. The van der Waals surface area contributed by atoms with Gasteiger partial charge in [-0.2, -0.15) is 9.97 Å². The van der Waals surface area contributed by atoms with Crippen LogP contribution in [0.25, 0.3) is 0 Å². The van der Waals surface area contributed by atoms with Crippen molar-refractivity contribution in [2.75, 3.05) is 29.0 Å². The van der Waals surface area contributed by atoms with Crippen LogP contribution in [0.1, 0.15) is 26.0 Å². The van der Waals surface area contributed by atoms with Crippen molar-refractivity contribution >= 4 is 23.3 Å². The van der Waals surface area contributed by atoms with Gasteiger partial charge < -0.3 is 20.4 Å². The molecule has 9 nitrogen and oxygen atoms in total. The van der Waals surface area contributed by atoms with Gasteiger partial charge in [0, 0.05) is 13.1 Å².